The summed E-state index contributed by atoms with van der Waals surface area (Å²) in [6.45, 7) is 12.6. The van der Waals surface area contributed by atoms with E-state index >= 15 is 0 Å². The fraction of sp³-hybridized carbons (Fsp3) is 0.646. The van der Waals surface area contributed by atoms with E-state index in [4.69, 9.17) is 11.6 Å². The van der Waals surface area contributed by atoms with Gasteiger partial charge in [-0.3, -0.25) is 52.7 Å². The maximum Gasteiger partial charge on any atom is 0.417 e. The average Bonchev–Trinajstić information content (AvgIpc) is 1.75. The van der Waals surface area contributed by atoms with E-state index < -0.39 is 161 Å². The predicted octanol–water partition coefficient (Wildman–Crippen LogP) is 4.74. The normalized spacial score (nSPS) is 24.9. The zero-order valence-corrected chi connectivity index (χ0v) is 56.0. The van der Waals surface area contributed by atoms with Crippen molar-refractivity contribution in [3.63, 3.8) is 0 Å². The van der Waals surface area contributed by atoms with E-state index in [-0.39, 0.29) is 63.8 Å². The summed E-state index contributed by atoms with van der Waals surface area (Å²) in [6.07, 6.45) is -2.75. The zero-order valence-electron chi connectivity index (χ0n) is 55.3. The second kappa shape index (κ2) is 32.3. The van der Waals surface area contributed by atoms with Gasteiger partial charge in [0.15, 0.2) is 0 Å². The Kier molecular flexibility index (Phi) is 26.4. The lowest BCUT2D eigenvalue weighted by Gasteiger charge is -2.39. The Morgan fingerprint density at radius 3 is 1.84 bits per heavy atom. The molecular weight excluding hydrogens is 1200 g/mol. The van der Waals surface area contributed by atoms with Crippen LogP contribution in [0.15, 0.2) is 42.5 Å². The van der Waals surface area contributed by atoms with Crippen LogP contribution in [0.5, 0.6) is 0 Å². The number of alkyl halides is 3. The van der Waals surface area contributed by atoms with Gasteiger partial charge in [-0.25, -0.2) is 0 Å². The van der Waals surface area contributed by atoms with Gasteiger partial charge in [0.2, 0.25) is 65.0 Å². The quantitative estimate of drug-likeness (QED) is 0.253. The molecule has 4 N–H and O–H groups in total. The first-order chi connectivity index (χ1) is 42.5. The van der Waals surface area contributed by atoms with Crippen LogP contribution < -0.4 is 21.3 Å². The van der Waals surface area contributed by atoms with Crippen molar-refractivity contribution >= 4 is 76.6 Å². The third-order valence-electron chi connectivity index (χ3n) is 17.9. The maximum atomic E-state index is 15.0. The first-order valence-electron chi connectivity index (χ1n) is 31.5. The molecule has 1 unspecified atom stereocenters. The molecule has 0 aromatic heterocycles. The van der Waals surface area contributed by atoms with Crippen LogP contribution in [-0.4, -0.2) is 216 Å². The Morgan fingerprint density at radius 1 is 0.659 bits per heavy atom. The molecule has 2 aromatic rings. The molecule has 1 aliphatic carbocycles. The number of halogens is 4. The molecule has 8 atom stereocenters. The summed E-state index contributed by atoms with van der Waals surface area (Å²) >= 11 is 6.11. The number of amides is 11. The molecule has 11 amide bonds. The Morgan fingerprint density at radius 2 is 1.25 bits per heavy atom. The Bertz CT molecular complexity index is 2980. The molecule has 2 heterocycles. The van der Waals surface area contributed by atoms with E-state index in [9.17, 15) is 65.9 Å². The van der Waals surface area contributed by atoms with Crippen LogP contribution in [0.1, 0.15) is 135 Å². The van der Waals surface area contributed by atoms with Crippen molar-refractivity contribution in [1.82, 2.24) is 55.6 Å². The van der Waals surface area contributed by atoms with Crippen molar-refractivity contribution in [3.8, 4) is 0 Å². The van der Waals surface area contributed by atoms with E-state index in [2.05, 4.69) is 21.3 Å². The largest absolute Gasteiger partial charge is 0.417 e. The van der Waals surface area contributed by atoms with E-state index in [1.807, 2.05) is 39.8 Å². The summed E-state index contributed by atoms with van der Waals surface area (Å²) < 4.78 is 41.3. The summed E-state index contributed by atoms with van der Waals surface area (Å²) in [5.41, 5.74) is -0.723. The minimum Gasteiger partial charge on any atom is -0.351 e. The minimum absolute atomic E-state index is 0.0433. The molecule has 0 radical (unpaired) electrons. The predicted molar refractivity (Wildman–Crippen MR) is 336 cm³/mol. The number of nitrogens with one attached hydrogen (secondary N) is 4. The molecule has 3 aliphatic rings. The maximum absolute atomic E-state index is 15.0. The van der Waals surface area contributed by atoms with Crippen molar-refractivity contribution in [2.75, 3.05) is 68.5 Å². The van der Waals surface area contributed by atoms with E-state index in [1.165, 1.54) is 63.1 Å². The van der Waals surface area contributed by atoms with Crippen molar-refractivity contribution in [1.29, 1.82) is 0 Å². The van der Waals surface area contributed by atoms with Gasteiger partial charge in [-0.2, -0.15) is 13.2 Å². The van der Waals surface area contributed by atoms with Crippen LogP contribution in [0.3, 0.4) is 0 Å². The van der Waals surface area contributed by atoms with Crippen LogP contribution in [0.2, 0.25) is 5.02 Å². The SMILES string of the molecule is CCC(C)[C@@H]1NC(=O)[C@H](CC(C)C)N(C)C(=O)C[C@@H](C)NC(=O)[C@H](C(C)C)N(C)C(=O)C2(CCCC2)NC(=O)[C@@H]2CCCN2C(=O)[C@H](CCc2ccc(C(F)(F)F)c(Cl)c2)NC(=O)CN(C)C(=O)[C@H](Cc2ccc(C)cc2)N(C)C(=O)CN(C)C(=O)CN(C)C1=O. The number of benzene rings is 2. The smallest absolute Gasteiger partial charge is 0.351 e. The summed E-state index contributed by atoms with van der Waals surface area (Å²) in [5.74, 6) is -8.20. The molecular formula is C65H95ClF3N11O11. The Hall–Kier alpha value is -7.31. The lowest BCUT2D eigenvalue weighted by Crippen LogP contribution is -2.64. The Labute approximate surface area is 538 Å². The molecule has 22 nitrogen and oxygen atoms in total. The molecule has 0 bridgehead atoms. The molecule has 26 heteroatoms. The van der Waals surface area contributed by atoms with Gasteiger partial charge in [-0.05, 0) is 99.8 Å². The second-order valence-electron chi connectivity index (χ2n) is 26.0. The van der Waals surface area contributed by atoms with Crippen molar-refractivity contribution in [3.05, 3.63) is 69.7 Å². The highest BCUT2D eigenvalue weighted by Crippen LogP contribution is 2.36. The van der Waals surface area contributed by atoms with Gasteiger partial charge in [0.1, 0.15) is 41.8 Å². The molecule has 504 valence electrons. The average molecular weight is 1300 g/mol. The van der Waals surface area contributed by atoms with Gasteiger partial charge in [-0.15, -0.1) is 0 Å². The molecule has 1 spiro atoms. The highest BCUT2D eigenvalue weighted by atomic mass is 35.5. The van der Waals surface area contributed by atoms with Gasteiger partial charge < -0.3 is 55.6 Å². The molecule has 2 aliphatic heterocycles. The second-order valence-corrected chi connectivity index (χ2v) is 26.4. The third kappa shape index (κ3) is 19.4. The monoisotopic (exact) mass is 1300 g/mol. The minimum atomic E-state index is -4.75. The third-order valence-corrected chi connectivity index (χ3v) is 18.2. The van der Waals surface area contributed by atoms with E-state index in [0.29, 0.717) is 36.8 Å². The Balaban J connectivity index is 1.56. The summed E-state index contributed by atoms with van der Waals surface area (Å²) in [4.78, 5) is 168. The first kappa shape index (κ1) is 74.4. The molecule has 2 aromatic carbocycles. The van der Waals surface area contributed by atoms with Crippen LogP contribution in [0.4, 0.5) is 13.2 Å². The standard InChI is InChI=1S/C65H95ClF3N11O11/c1-15-41(7)55-62(90)76(11)36-53(83)74(9)37-54(84)78(13)50(34-44-22-20-40(6)21-23-44)61(89)75(10)35-51(81)71-47(27-25-43-24-26-45(46(66)33-43)65(67,68)69)60(88)80-30-18-19-48(80)58(86)73-64(28-16-17-29-64)63(91)79(14)56(39(4)5)59(87)70-42(8)32-52(82)77(12)49(31-38(2)3)57(85)72-55/h20-24,26,33,38-39,41-42,47-50,55-56H,15-19,25,27-32,34-37H2,1-14H3,(H,70,87)(H,71,81)(H,72,85)(H,73,86)/t41?,42-,47+,48+,49+,50+,55+,56+/m1/s1. The molecule has 1 saturated carbocycles. The topological polar surface area (TPSA) is 259 Å². The number of likely N-dealkylation sites (N-methyl/N-ethyl adjacent to an activating group) is 6. The van der Waals surface area contributed by atoms with Crippen LogP contribution in [-0.2, 0) is 71.8 Å². The van der Waals surface area contributed by atoms with Gasteiger partial charge in [0.05, 0.1) is 30.2 Å². The van der Waals surface area contributed by atoms with Crippen LogP contribution in [0, 0.1) is 24.7 Å². The zero-order chi connectivity index (χ0) is 68.1. The number of aryl methyl sites for hydroxylation is 2. The number of hydrogen-bond donors (Lipinski definition) is 4. The number of carbonyl (C=O) groups is 11. The number of hydrogen-bond acceptors (Lipinski definition) is 11. The molecule has 91 heavy (non-hydrogen) atoms. The lowest BCUT2D eigenvalue weighted by molar-refractivity contribution is -0.149. The fourth-order valence-corrected chi connectivity index (χ4v) is 12.5. The number of rotatable bonds is 10. The van der Waals surface area contributed by atoms with E-state index in [0.717, 1.165) is 37.3 Å². The van der Waals surface area contributed by atoms with Gasteiger partial charge in [0.25, 0.3) is 0 Å². The van der Waals surface area contributed by atoms with Gasteiger partial charge >= 0.3 is 6.18 Å². The molecule has 2 saturated heterocycles. The molecule has 5 rings (SSSR count). The van der Waals surface area contributed by atoms with Gasteiger partial charge in [0, 0.05) is 67.7 Å². The fourth-order valence-electron chi connectivity index (χ4n) is 12.2. The number of nitrogens with zero attached hydrogens (tertiary/aromatic N) is 7. The van der Waals surface area contributed by atoms with Crippen LogP contribution in [0.25, 0.3) is 0 Å². The number of carbonyl (C=O) groups excluding carboxylic acids is 11. The summed E-state index contributed by atoms with van der Waals surface area (Å²) in [7, 11) is 8.38. The van der Waals surface area contributed by atoms with E-state index in [1.54, 1.807) is 39.8 Å². The van der Waals surface area contributed by atoms with Crippen LogP contribution >= 0.6 is 11.6 Å². The molecule has 3 fully saturated rings. The van der Waals surface area contributed by atoms with Crippen molar-refractivity contribution in [2.45, 2.75) is 186 Å². The van der Waals surface area contributed by atoms with Gasteiger partial charge in [-0.1, -0.05) is 108 Å². The van der Waals surface area contributed by atoms with Crippen molar-refractivity contribution < 1.29 is 65.9 Å². The summed E-state index contributed by atoms with van der Waals surface area (Å²) in [6, 6.07) is 2.33. The van der Waals surface area contributed by atoms with Crippen molar-refractivity contribution in [2.24, 2.45) is 17.8 Å². The first-order valence-corrected chi connectivity index (χ1v) is 31.9. The highest BCUT2D eigenvalue weighted by Gasteiger charge is 2.49. The lowest BCUT2D eigenvalue weighted by atomic mass is 9.92. The number of fused-ring (bicyclic) bond motifs is 1. The highest BCUT2D eigenvalue weighted by molar-refractivity contribution is 6.31. The summed E-state index contributed by atoms with van der Waals surface area (Å²) in [5, 5.41) is 10.9.